The Kier molecular flexibility index (Phi) is 5.04. The van der Waals surface area contributed by atoms with Gasteiger partial charge >= 0.3 is 0 Å². The lowest BCUT2D eigenvalue weighted by Gasteiger charge is -2.10. The summed E-state index contributed by atoms with van der Waals surface area (Å²) in [4.78, 5) is 0.321. The van der Waals surface area contributed by atoms with Crippen molar-refractivity contribution in [3.05, 3.63) is 64.7 Å². The van der Waals surface area contributed by atoms with Crippen LogP contribution >= 0.6 is 11.6 Å². The van der Waals surface area contributed by atoms with Crippen LogP contribution in [-0.4, -0.2) is 8.42 Å². The molecule has 0 saturated heterocycles. The average molecular weight is 324 g/mol. The Labute approximate surface area is 131 Å². The highest BCUT2D eigenvalue weighted by Crippen LogP contribution is 2.17. The summed E-state index contributed by atoms with van der Waals surface area (Å²) in [5, 5.41) is 0. The summed E-state index contributed by atoms with van der Waals surface area (Å²) in [5.74, 6) is 0.414. The van der Waals surface area contributed by atoms with Crippen LogP contribution in [-0.2, 0) is 22.4 Å². The van der Waals surface area contributed by atoms with Crippen LogP contribution in [0.4, 0.5) is 0 Å². The second-order valence-electron chi connectivity index (χ2n) is 5.05. The van der Waals surface area contributed by atoms with Gasteiger partial charge in [0, 0.05) is 12.4 Å². The van der Waals surface area contributed by atoms with Crippen molar-refractivity contribution in [3.8, 4) is 0 Å². The van der Waals surface area contributed by atoms with Crippen LogP contribution < -0.4 is 4.72 Å². The highest BCUT2D eigenvalue weighted by Gasteiger charge is 2.16. The molecule has 3 nitrogen and oxygen atoms in total. The first-order valence-electron chi connectivity index (χ1n) is 6.63. The number of hydrogen-bond donors (Lipinski definition) is 1. The van der Waals surface area contributed by atoms with E-state index in [1.807, 2.05) is 37.3 Å². The predicted octanol–water partition coefficient (Wildman–Crippen LogP) is 3.52. The minimum absolute atomic E-state index is 0.250. The van der Waals surface area contributed by atoms with E-state index in [1.54, 1.807) is 19.1 Å². The monoisotopic (exact) mass is 323 g/mol. The average Bonchev–Trinajstić information content (AvgIpc) is 2.45. The normalized spacial score (nSPS) is 11.6. The highest BCUT2D eigenvalue weighted by atomic mass is 35.5. The lowest BCUT2D eigenvalue weighted by Crippen LogP contribution is -2.24. The molecule has 0 bridgehead atoms. The summed E-state index contributed by atoms with van der Waals surface area (Å²) < 4.78 is 27.3. The van der Waals surface area contributed by atoms with Gasteiger partial charge in [-0.25, -0.2) is 13.1 Å². The Morgan fingerprint density at radius 2 is 1.76 bits per heavy atom. The molecule has 0 amide bonds. The van der Waals surface area contributed by atoms with E-state index in [0.717, 1.165) is 22.3 Å². The molecule has 2 aromatic rings. The molecule has 5 heteroatoms. The van der Waals surface area contributed by atoms with Crippen LogP contribution in [0.2, 0.25) is 0 Å². The molecule has 0 aliphatic carbocycles. The van der Waals surface area contributed by atoms with E-state index in [-0.39, 0.29) is 6.54 Å². The fraction of sp³-hybridized carbons (Fsp3) is 0.250. The van der Waals surface area contributed by atoms with Gasteiger partial charge in [0.15, 0.2) is 0 Å². The molecule has 0 heterocycles. The van der Waals surface area contributed by atoms with Crippen molar-refractivity contribution in [1.29, 1.82) is 0 Å². The van der Waals surface area contributed by atoms with E-state index in [9.17, 15) is 8.42 Å². The molecule has 0 unspecified atom stereocenters. The van der Waals surface area contributed by atoms with Crippen LogP contribution in [0.3, 0.4) is 0 Å². The van der Waals surface area contributed by atoms with Crippen LogP contribution in [0.5, 0.6) is 0 Å². The summed E-state index contributed by atoms with van der Waals surface area (Å²) in [6, 6.07) is 12.9. The van der Waals surface area contributed by atoms with Crippen molar-refractivity contribution in [2.24, 2.45) is 0 Å². The summed E-state index contributed by atoms with van der Waals surface area (Å²) in [5.41, 5.74) is 3.65. The molecular formula is C16H18ClNO2S. The molecule has 0 atom stereocenters. The van der Waals surface area contributed by atoms with Crippen molar-refractivity contribution in [2.75, 3.05) is 0 Å². The zero-order valence-corrected chi connectivity index (χ0v) is 13.6. The minimum atomic E-state index is -3.51. The van der Waals surface area contributed by atoms with Gasteiger partial charge in [0.05, 0.1) is 4.90 Å². The van der Waals surface area contributed by atoms with Gasteiger partial charge in [-0.1, -0.05) is 42.0 Å². The van der Waals surface area contributed by atoms with Crippen molar-refractivity contribution < 1.29 is 8.42 Å². The Morgan fingerprint density at radius 3 is 2.43 bits per heavy atom. The van der Waals surface area contributed by atoms with Gasteiger partial charge < -0.3 is 0 Å². The van der Waals surface area contributed by atoms with Crippen molar-refractivity contribution in [1.82, 2.24) is 4.72 Å². The minimum Gasteiger partial charge on any atom is -0.207 e. The smallest absolute Gasteiger partial charge is 0.207 e. The third-order valence-corrected chi connectivity index (χ3v) is 5.10. The molecule has 0 radical (unpaired) electrons. The molecule has 2 aromatic carbocycles. The molecule has 112 valence electrons. The van der Waals surface area contributed by atoms with Gasteiger partial charge in [0.2, 0.25) is 10.0 Å². The molecule has 21 heavy (non-hydrogen) atoms. The second-order valence-corrected chi connectivity index (χ2v) is 7.05. The van der Waals surface area contributed by atoms with E-state index < -0.39 is 10.0 Å². The van der Waals surface area contributed by atoms with E-state index in [1.165, 1.54) is 0 Å². The summed E-state index contributed by atoms with van der Waals surface area (Å²) in [6.07, 6.45) is 0. The molecule has 0 aromatic heterocycles. The number of rotatable bonds is 5. The van der Waals surface area contributed by atoms with Gasteiger partial charge in [-0.2, -0.15) is 0 Å². The number of hydrogen-bond acceptors (Lipinski definition) is 2. The maximum Gasteiger partial charge on any atom is 0.241 e. The van der Waals surface area contributed by atoms with Gasteiger partial charge in [0.25, 0.3) is 0 Å². The SMILES string of the molecule is Cc1ccc(S(=O)(=O)NCc2cccc(CCl)c2)c(C)c1. The molecule has 0 aliphatic heterocycles. The van der Waals surface area contributed by atoms with Gasteiger partial charge in [-0.05, 0) is 36.6 Å². The molecule has 0 fully saturated rings. The molecule has 0 saturated carbocycles. The van der Waals surface area contributed by atoms with Gasteiger partial charge in [0.1, 0.15) is 0 Å². The Balaban J connectivity index is 2.17. The summed E-state index contributed by atoms with van der Waals surface area (Å²) in [6.45, 7) is 3.99. The standard InChI is InChI=1S/C16H18ClNO2S/c1-12-6-7-16(13(2)8-12)21(19,20)18-11-15-5-3-4-14(9-15)10-17/h3-9,18H,10-11H2,1-2H3. The molecular weight excluding hydrogens is 306 g/mol. The largest absolute Gasteiger partial charge is 0.241 e. The van der Waals surface area contributed by atoms with Gasteiger partial charge in [-0.15, -0.1) is 11.6 Å². The quantitative estimate of drug-likeness (QED) is 0.856. The lowest BCUT2D eigenvalue weighted by atomic mass is 10.1. The van der Waals surface area contributed by atoms with Crippen LogP contribution in [0.1, 0.15) is 22.3 Å². The Bertz CT molecular complexity index is 742. The lowest BCUT2D eigenvalue weighted by molar-refractivity contribution is 0.580. The van der Waals surface area contributed by atoms with E-state index in [0.29, 0.717) is 10.8 Å². The fourth-order valence-corrected chi connectivity index (χ4v) is 3.59. The number of sulfonamides is 1. The topological polar surface area (TPSA) is 46.2 Å². The zero-order valence-electron chi connectivity index (χ0n) is 12.1. The Hall–Kier alpha value is -1.36. The number of nitrogens with one attached hydrogen (secondary N) is 1. The van der Waals surface area contributed by atoms with E-state index in [2.05, 4.69) is 4.72 Å². The number of aryl methyl sites for hydroxylation is 2. The summed E-state index contributed by atoms with van der Waals surface area (Å²) in [7, 11) is -3.51. The van der Waals surface area contributed by atoms with Crippen molar-refractivity contribution >= 4 is 21.6 Å². The third-order valence-electron chi connectivity index (χ3n) is 3.23. The third kappa shape index (κ3) is 4.06. The molecule has 0 spiro atoms. The molecule has 0 aliphatic rings. The second kappa shape index (κ2) is 6.60. The van der Waals surface area contributed by atoms with E-state index >= 15 is 0 Å². The Morgan fingerprint density at radius 1 is 1.05 bits per heavy atom. The summed E-state index contributed by atoms with van der Waals surface area (Å²) >= 11 is 5.78. The maximum atomic E-state index is 12.4. The zero-order chi connectivity index (χ0) is 15.5. The molecule has 2 rings (SSSR count). The number of alkyl halides is 1. The van der Waals surface area contributed by atoms with Crippen LogP contribution in [0.25, 0.3) is 0 Å². The first-order valence-corrected chi connectivity index (χ1v) is 8.65. The number of halogens is 1. The van der Waals surface area contributed by atoms with Gasteiger partial charge in [-0.3, -0.25) is 0 Å². The van der Waals surface area contributed by atoms with Crippen molar-refractivity contribution in [3.63, 3.8) is 0 Å². The fourth-order valence-electron chi connectivity index (χ4n) is 2.18. The van der Waals surface area contributed by atoms with E-state index in [4.69, 9.17) is 11.6 Å². The van der Waals surface area contributed by atoms with Crippen LogP contribution in [0, 0.1) is 13.8 Å². The highest BCUT2D eigenvalue weighted by molar-refractivity contribution is 7.89. The maximum absolute atomic E-state index is 12.4. The molecule has 1 N–H and O–H groups in total. The first-order chi connectivity index (χ1) is 9.92. The van der Waals surface area contributed by atoms with Crippen LogP contribution in [0.15, 0.2) is 47.4 Å². The number of benzene rings is 2. The predicted molar refractivity (Wildman–Crippen MR) is 85.9 cm³/mol. The first kappa shape index (κ1) is 16.0. The van der Waals surface area contributed by atoms with Crippen molar-refractivity contribution in [2.45, 2.75) is 31.2 Å².